The van der Waals surface area contributed by atoms with E-state index in [2.05, 4.69) is 20.3 Å². The molecule has 1 aliphatic carbocycles. The number of nitrogens with one attached hydrogen (secondary N) is 4. The van der Waals surface area contributed by atoms with Crippen molar-refractivity contribution in [3.05, 3.63) is 69.2 Å². The number of hydrogen-bond acceptors (Lipinski definition) is 8. The minimum Gasteiger partial charge on any atom is -0.351 e. The Morgan fingerprint density at radius 2 is 1.79 bits per heavy atom. The highest BCUT2D eigenvalue weighted by atomic mass is 35.5. The van der Waals surface area contributed by atoms with Gasteiger partial charge in [0.1, 0.15) is 0 Å². The molecule has 1 saturated carbocycles. The summed E-state index contributed by atoms with van der Waals surface area (Å²) in [5, 5.41) is 9.82. The van der Waals surface area contributed by atoms with Crippen molar-refractivity contribution < 1.29 is 18.0 Å². The summed E-state index contributed by atoms with van der Waals surface area (Å²) in [5.41, 5.74) is 15.7. The van der Waals surface area contributed by atoms with Crippen LogP contribution in [0.25, 0.3) is 0 Å². The summed E-state index contributed by atoms with van der Waals surface area (Å²) >= 11 is 12.9. The van der Waals surface area contributed by atoms with Crippen molar-refractivity contribution in [2.45, 2.75) is 55.9 Å². The van der Waals surface area contributed by atoms with Gasteiger partial charge in [0.25, 0.3) is 5.91 Å². The summed E-state index contributed by atoms with van der Waals surface area (Å²) in [5.74, 6) is -1.76. The van der Waals surface area contributed by atoms with Crippen molar-refractivity contribution >= 4 is 45.0 Å². The maximum absolute atomic E-state index is 14.2. The van der Waals surface area contributed by atoms with Crippen molar-refractivity contribution in [2.24, 2.45) is 10.2 Å². The van der Waals surface area contributed by atoms with Gasteiger partial charge >= 0.3 is 0 Å². The highest BCUT2D eigenvalue weighted by molar-refractivity contribution is 7.88. The quantitative estimate of drug-likeness (QED) is 0.311. The van der Waals surface area contributed by atoms with Crippen molar-refractivity contribution in [3.63, 3.8) is 0 Å². The zero-order chi connectivity index (χ0) is 28.3. The number of carbonyl (C=O) groups excluding carboxylic acids is 2. The largest absolute Gasteiger partial charge is 0.351 e. The highest BCUT2D eigenvalue weighted by Gasteiger charge is 2.49. The topological polar surface area (TPSA) is 168 Å². The van der Waals surface area contributed by atoms with Gasteiger partial charge in [-0.05, 0) is 42.2 Å². The van der Waals surface area contributed by atoms with E-state index in [0.29, 0.717) is 34.6 Å². The normalized spacial score (nSPS) is 24.0. The molecule has 11 nitrogen and oxygen atoms in total. The molecular weight excluding hydrogens is 565 g/mol. The van der Waals surface area contributed by atoms with Crippen LogP contribution in [0.3, 0.4) is 0 Å². The molecule has 0 bridgehead atoms. The van der Waals surface area contributed by atoms with Crippen LogP contribution in [0.5, 0.6) is 0 Å². The number of nitrogens with zero attached hydrogens (tertiary/aromatic N) is 3. The lowest BCUT2D eigenvalue weighted by Crippen LogP contribution is -2.59. The number of benzene rings is 2. The highest BCUT2D eigenvalue weighted by Crippen LogP contribution is 2.47. The van der Waals surface area contributed by atoms with Crippen LogP contribution in [0, 0.1) is 11.1 Å². The molecule has 0 spiro atoms. The zero-order valence-corrected chi connectivity index (χ0v) is 23.4. The maximum Gasteiger partial charge on any atom is 0.255 e. The molecule has 2 aromatic carbocycles. The van der Waals surface area contributed by atoms with E-state index < -0.39 is 46.1 Å². The van der Waals surface area contributed by atoms with Gasteiger partial charge in [0.05, 0.1) is 24.8 Å². The standard InChI is InChI=1S/C25H29Cl2N7O4S/c1-39(37,38)33-19-8-4-5-9-20(19)34-23(17-11-10-14(26)12-18(17)27)22(24(35)30-13-21(31-28)32-29)15-6-2-3-7-16(15)25(34)36/h2-3,6-7,10-12,19-23,28-29,33H,4-5,8-9,13H2,1H3,(H,30,35)/t19-,20?,21?,22+,23-/m0/s1. The Kier molecular flexibility index (Phi) is 9.00. The van der Waals surface area contributed by atoms with Gasteiger partial charge in [0.2, 0.25) is 15.9 Å². The summed E-state index contributed by atoms with van der Waals surface area (Å²) in [4.78, 5) is 29.7. The van der Waals surface area contributed by atoms with Crippen LogP contribution in [0.15, 0.2) is 52.7 Å². The number of hydrogen-bond donors (Lipinski definition) is 4. The number of halogens is 2. The predicted octanol–water partition coefficient (Wildman–Crippen LogP) is 4.64. The van der Waals surface area contributed by atoms with Gasteiger partial charge in [-0.25, -0.2) is 24.2 Å². The Morgan fingerprint density at radius 1 is 1.10 bits per heavy atom. The summed E-state index contributed by atoms with van der Waals surface area (Å²) in [6, 6.07) is 9.62. The minimum atomic E-state index is -3.59. The minimum absolute atomic E-state index is 0.179. The monoisotopic (exact) mass is 593 g/mol. The number of amides is 2. The Balaban J connectivity index is 1.90. The fourth-order valence-electron chi connectivity index (χ4n) is 5.55. The smallest absolute Gasteiger partial charge is 0.255 e. The maximum atomic E-state index is 14.2. The van der Waals surface area contributed by atoms with E-state index in [4.69, 9.17) is 34.3 Å². The Labute approximate surface area is 236 Å². The second-order valence-corrected chi connectivity index (χ2v) is 12.3. The van der Waals surface area contributed by atoms with Crippen LogP contribution in [0.1, 0.15) is 59.1 Å². The molecule has 39 heavy (non-hydrogen) atoms. The van der Waals surface area contributed by atoms with E-state index in [0.717, 1.165) is 19.1 Å². The molecule has 0 radical (unpaired) electrons. The molecule has 1 aliphatic heterocycles. The number of carbonyl (C=O) groups is 2. The van der Waals surface area contributed by atoms with Crippen molar-refractivity contribution in [3.8, 4) is 0 Å². The molecule has 4 atom stereocenters. The van der Waals surface area contributed by atoms with Gasteiger partial charge < -0.3 is 10.2 Å². The number of fused-ring (bicyclic) bond motifs is 1. The first-order chi connectivity index (χ1) is 18.6. The van der Waals surface area contributed by atoms with Crippen LogP contribution in [0.4, 0.5) is 0 Å². The van der Waals surface area contributed by atoms with Crippen LogP contribution in [0.2, 0.25) is 10.0 Å². The van der Waals surface area contributed by atoms with E-state index in [1.165, 1.54) is 6.07 Å². The van der Waals surface area contributed by atoms with Crippen LogP contribution in [-0.2, 0) is 14.8 Å². The van der Waals surface area contributed by atoms with Crippen molar-refractivity contribution in [2.75, 3.05) is 12.8 Å². The molecule has 2 aliphatic rings. The molecule has 2 amide bonds. The van der Waals surface area contributed by atoms with Gasteiger partial charge in [-0.15, -0.1) is 0 Å². The van der Waals surface area contributed by atoms with E-state index >= 15 is 0 Å². The van der Waals surface area contributed by atoms with Crippen LogP contribution < -0.4 is 10.0 Å². The SMILES string of the molecule is CS(=O)(=O)N[C@H]1CCCCC1N1C(=O)c2ccccc2[C@@H](C(=O)NCC(N=N)N=N)[C@@H]1c1ccc(Cl)cc1Cl. The third-order valence-electron chi connectivity index (χ3n) is 7.15. The van der Waals surface area contributed by atoms with Gasteiger partial charge in [-0.2, -0.15) is 10.2 Å². The van der Waals surface area contributed by atoms with Crippen LogP contribution in [-0.4, -0.2) is 56.2 Å². The lowest BCUT2D eigenvalue weighted by molar-refractivity contribution is -0.124. The zero-order valence-electron chi connectivity index (χ0n) is 21.1. The average Bonchev–Trinajstić information content (AvgIpc) is 2.89. The molecule has 1 heterocycles. The first kappa shape index (κ1) is 29.1. The molecule has 1 unspecified atom stereocenters. The van der Waals surface area contributed by atoms with Crippen molar-refractivity contribution in [1.82, 2.24) is 14.9 Å². The summed E-state index contributed by atoms with van der Waals surface area (Å²) in [6.45, 7) is -0.179. The second kappa shape index (κ2) is 12.1. The van der Waals surface area contributed by atoms with E-state index in [-0.39, 0.29) is 17.5 Å². The molecule has 2 aromatic rings. The van der Waals surface area contributed by atoms with E-state index in [1.807, 2.05) is 0 Å². The second-order valence-electron chi connectivity index (χ2n) is 9.72. The molecule has 14 heteroatoms. The fourth-order valence-corrected chi connectivity index (χ4v) is 6.90. The molecule has 1 fully saturated rings. The predicted molar refractivity (Wildman–Crippen MR) is 146 cm³/mol. The summed E-state index contributed by atoms with van der Waals surface area (Å²) in [6.07, 6.45) is 2.61. The summed E-state index contributed by atoms with van der Waals surface area (Å²) < 4.78 is 27.2. The first-order valence-electron chi connectivity index (χ1n) is 12.4. The third-order valence-corrected chi connectivity index (χ3v) is 8.44. The molecule has 0 aromatic heterocycles. The Hall–Kier alpha value is -2.93. The molecule has 208 valence electrons. The lowest BCUT2D eigenvalue weighted by atomic mass is 9.76. The first-order valence-corrected chi connectivity index (χ1v) is 15.0. The van der Waals surface area contributed by atoms with Gasteiger partial charge in [0, 0.05) is 27.7 Å². The summed E-state index contributed by atoms with van der Waals surface area (Å²) in [7, 11) is -3.59. The molecule has 4 N–H and O–H groups in total. The van der Waals surface area contributed by atoms with Gasteiger partial charge in [-0.1, -0.05) is 60.3 Å². The number of rotatable bonds is 9. The Bertz CT molecular complexity index is 1380. The van der Waals surface area contributed by atoms with Crippen molar-refractivity contribution in [1.29, 1.82) is 11.1 Å². The molecule has 0 saturated heterocycles. The van der Waals surface area contributed by atoms with Crippen LogP contribution >= 0.6 is 23.2 Å². The number of sulfonamides is 1. The van der Waals surface area contributed by atoms with Gasteiger partial charge in [-0.3, -0.25) is 9.59 Å². The van der Waals surface area contributed by atoms with E-state index in [9.17, 15) is 18.0 Å². The fraction of sp³-hybridized carbons (Fsp3) is 0.440. The third kappa shape index (κ3) is 6.29. The molecule has 4 rings (SSSR count). The Morgan fingerprint density at radius 3 is 2.46 bits per heavy atom. The van der Waals surface area contributed by atoms with Gasteiger partial charge in [0.15, 0.2) is 6.17 Å². The lowest BCUT2D eigenvalue weighted by Gasteiger charge is -2.49. The van der Waals surface area contributed by atoms with E-state index in [1.54, 1.807) is 41.3 Å². The molecular formula is C25H29Cl2N7O4S. The average molecular weight is 595 g/mol.